The van der Waals surface area contributed by atoms with Gasteiger partial charge in [0.15, 0.2) is 11.5 Å². The molecule has 0 fully saturated rings. The Hall–Kier alpha value is -3.73. The molecule has 2 aliphatic heterocycles. The van der Waals surface area contributed by atoms with Crippen molar-refractivity contribution in [2.75, 3.05) is 0 Å². The van der Waals surface area contributed by atoms with Crippen LogP contribution in [0.2, 0.25) is 0 Å². The molecule has 0 saturated heterocycles. The maximum Gasteiger partial charge on any atom is 0.312 e. The predicted molar refractivity (Wildman–Crippen MR) is 115 cm³/mol. The molecule has 2 aromatic carbocycles. The Balaban J connectivity index is 1.64. The van der Waals surface area contributed by atoms with E-state index >= 15 is 0 Å². The highest BCUT2D eigenvalue weighted by atomic mass is 16.5. The van der Waals surface area contributed by atoms with Gasteiger partial charge in [-0.15, -0.1) is 0 Å². The standard InChI is InChI=1S/C24H22O10/c25-13-2-1-9(3-15(13)27)11-7-20(31)33-19-8-14(26)12-6-18(30)23(34-24(12)21(11)19)10-4-16(28)22(32)17(29)5-10/h1-5,8,11,16,18,22-23,25-30,32H,6-7H2/t11-,16?,18+,22?,23-/m0/s1. The summed E-state index contributed by atoms with van der Waals surface area (Å²) in [4.78, 5) is 12.3. The summed E-state index contributed by atoms with van der Waals surface area (Å²) in [5.74, 6) is -2.47. The van der Waals surface area contributed by atoms with Crippen LogP contribution in [0.1, 0.15) is 29.0 Å². The second-order valence-electron chi connectivity index (χ2n) is 8.58. The van der Waals surface area contributed by atoms with Gasteiger partial charge in [-0.3, -0.25) is 4.79 Å². The number of hydrogen-bond donors (Lipinski definition) is 7. The molecule has 7 N–H and O–H groups in total. The number of hydrogen-bond acceptors (Lipinski definition) is 10. The molecule has 2 aromatic rings. The fourth-order valence-corrected chi connectivity index (χ4v) is 4.66. The lowest BCUT2D eigenvalue weighted by Gasteiger charge is -2.37. The maximum atomic E-state index is 12.3. The molecule has 5 rings (SSSR count). The van der Waals surface area contributed by atoms with E-state index in [0.717, 1.165) is 0 Å². The minimum atomic E-state index is -1.50. The van der Waals surface area contributed by atoms with Crippen molar-refractivity contribution in [1.29, 1.82) is 0 Å². The summed E-state index contributed by atoms with van der Waals surface area (Å²) in [6, 6.07) is 5.41. The van der Waals surface area contributed by atoms with E-state index in [4.69, 9.17) is 9.47 Å². The number of benzene rings is 2. The van der Waals surface area contributed by atoms with Crippen molar-refractivity contribution in [2.24, 2.45) is 0 Å². The van der Waals surface area contributed by atoms with Gasteiger partial charge < -0.3 is 45.2 Å². The van der Waals surface area contributed by atoms with E-state index in [2.05, 4.69) is 0 Å². The summed E-state index contributed by atoms with van der Waals surface area (Å²) in [5, 5.41) is 70.8. The highest BCUT2D eigenvalue weighted by Gasteiger charge is 2.41. The number of rotatable bonds is 2. The van der Waals surface area contributed by atoms with Crippen LogP contribution in [0.5, 0.6) is 28.7 Å². The lowest BCUT2D eigenvalue weighted by molar-refractivity contribution is -0.135. The molecule has 1 aliphatic carbocycles. The van der Waals surface area contributed by atoms with E-state index in [1.165, 1.54) is 30.4 Å². The Morgan fingerprint density at radius 3 is 2.38 bits per heavy atom. The van der Waals surface area contributed by atoms with E-state index in [9.17, 15) is 40.5 Å². The molecule has 2 unspecified atom stereocenters. The summed E-state index contributed by atoms with van der Waals surface area (Å²) in [7, 11) is 0. The summed E-state index contributed by atoms with van der Waals surface area (Å²) in [6.07, 6.45) is -2.87. The van der Waals surface area contributed by atoms with Gasteiger partial charge in [-0.25, -0.2) is 0 Å². The third-order valence-electron chi connectivity index (χ3n) is 6.35. The van der Waals surface area contributed by atoms with Crippen molar-refractivity contribution in [3.8, 4) is 28.7 Å². The Morgan fingerprint density at radius 2 is 1.68 bits per heavy atom. The van der Waals surface area contributed by atoms with Crippen LogP contribution in [-0.2, 0) is 11.2 Å². The minimum absolute atomic E-state index is 0.0478. The topological polar surface area (TPSA) is 177 Å². The van der Waals surface area contributed by atoms with Gasteiger partial charge in [0.2, 0.25) is 0 Å². The van der Waals surface area contributed by atoms with E-state index in [1.54, 1.807) is 6.07 Å². The third-order valence-corrected chi connectivity index (χ3v) is 6.35. The molecule has 10 heteroatoms. The zero-order valence-electron chi connectivity index (χ0n) is 17.6. The number of carbonyl (C=O) groups excluding carboxylic acids is 1. The highest BCUT2D eigenvalue weighted by molar-refractivity contribution is 5.80. The van der Waals surface area contributed by atoms with Gasteiger partial charge in [0, 0.05) is 29.5 Å². The van der Waals surface area contributed by atoms with Crippen molar-refractivity contribution in [2.45, 2.75) is 43.2 Å². The first kappa shape index (κ1) is 22.1. The summed E-state index contributed by atoms with van der Waals surface area (Å²) in [6.45, 7) is 0. The van der Waals surface area contributed by atoms with Gasteiger partial charge in [0.1, 0.15) is 41.3 Å². The van der Waals surface area contributed by atoms with Gasteiger partial charge in [0.05, 0.1) is 12.5 Å². The number of ether oxygens (including phenoxy) is 2. The Kier molecular flexibility index (Phi) is 5.16. The monoisotopic (exact) mass is 470 g/mol. The fraction of sp³-hybridized carbons (Fsp3) is 0.292. The first-order valence-electron chi connectivity index (χ1n) is 10.6. The van der Waals surface area contributed by atoms with Crippen molar-refractivity contribution in [3.63, 3.8) is 0 Å². The van der Waals surface area contributed by atoms with E-state index in [-0.39, 0.29) is 52.7 Å². The molecule has 0 radical (unpaired) electrons. The zero-order valence-corrected chi connectivity index (χ0v) is 17.6. The number of aliphatic hydroxyl groups is 4. The van der Waals surface area contributed by atoms with Gasteiger partial charge in [-0.1, -0.05) is 6.07 Å². The number of aliphatic hydroxyl groups excluding tert-OH is 4. The molecule has 34 heavy (non-hydrogen) atoms. The summed E-state index contributed by atoms with van der Waals surface area (Å²) >= 11 is 0. The van der Waals surface area contributed by atoms with Crippen LogP contribution in [0, 0.1) is 0 Å². The number of phenols is 3. The van der Waals surface area contributed by atoms with Crippen LogP contribution < -0.4 is 9.47 Å². The van der Waals surface area contributed by atoms with Crippen molar-refractivity contribution >= 4 is 5.97 Å². The van der Waals surface area contributed by atoms with Gasteiger partial charge in [-0.2, -0.15) is 0 Å². The summed E-state index contributed by atoms with van der Waals surface area (Å²) in [5.41, 5.74) is 1.38. The first-order chi connectivity index (χ1) is 16.1. The van der Waals surface area contributed by atoms with Crippen molar-refractivity contribution in [3.05, 3.63) is 64.4 Å². The van der Waals surface area contributed by atoms with Crippen molar-refractivity contribution in [1.82, 2.24) is 0 Å². The van der Waals surface area contributed by atoms with Crippen molar-refractivity contribution < 1.29 is 50.0 Å². The predicted octanol–water partition coefficient (Wildman–Crippen LogP) is 1.01. The molecule has 0 aromatic heterocycles. The largest absolute Gasteiger partial charge is 0.509 e. The summed E-state index contributed by atoms with van der Waals surface area (Å²) < 4.78 is 11.5. The smallest absolute Gasteiger partial charge is 0.312 e. The quantitative estimate of drug-likeness (QED) is 0.190. The minimum Gasteiger partial charge on any atom is -0.509 e. The zero-order chi connectivity index (χ0) is 24.3. The average Bonchev–Trinajstić information content (AvgIpc) is 2.78. The van der Waals surface area contributed by atoms with Gasteiger partial charge in [0.25, 0.3) is 0 Å². The number of fused-ring (bicyclic) bond motifs is 3. The normalized spacial score (nSPS) is 28.1. The SMILES string of the molecule is O=C1C[C@@H](c2ccc(O)c(O)c2)c2c(cc(O)c3c2O[C@@H](C2=CC(O)C(O)C(O)=C2)[C@H](O)C3)O1. The van der Waals surface area contributed by atoms with Crippen LogP contribution in [0.3, 0.4) is 0 Å². The van der Waals surface area contributed by atoms with E-state index in [1.807, 2.05) is 0 Å². The Labute approximate surface area is 192 Å². The average molecular weight is 470 g/mol. The van der Waals surface area contributed by atoms with E-state index < -0.39 is 42.1 Å². The Bertz CT molecular complexity index is 1250. The number of aromatic hydroxyl groups is 3. The van der Waals surface area contributed by atoms with Crippen LogP contribution in [0.4, 0.5) is 0 Å². The van der Waals surface area contributed by atoms with Crippen LogP contribution in [0.25, 0.3) is 0 Å². The lowest BCUT2D eigenvalue weighted by Crippen LogP contribution is -2.41. The van der Waals surface area contributed by atoms with Crippen LogP contribution >= 0.6 is 0 Å². The van der Waals surface area contributed by atoms with Crippen LogP contribution in [0.15, 0.2) is 47.7 Å². The van der Waals surface area contributed by atoms with E-state index in [0.29, 0.717) is 11.1 Å². The second-order valence-corrected chi connectivity index (χ2v) is 8.58. The third kappa shape index (κ3) is 3.52. The maximum absolute atomic E-state index is 12.3. The molecule has 3 aliphatic rings. The lowest BCUT2D eigenvalue weighted by atomic mass is 9.82. The molecule has 2 heterocycles. The molecule has 0 amide bonds. The molecule has 0 bridgehead atoms. The van der Waals surface area contributed by atoms with Crippen LogP contribution in [-0.4, -0.2) is 66.1 Å². The number of esters is 1. The molecule has 0 saturated carbocycles. The highest BCUT2D eigenvalue weighted by Crippen LogP contribution is 2.51. The molecule has 5 atom stereocenters. The molecule has 10 nitrogen and oxygen atoms in total. The van der Waals surface area contributed by atoms with Gasteiger partial charge >= 0.3 is 5.97 Å². The van der Waals surface area contributed by atoms with Gasteiger partial charge in [-0.05, 0) is 35.4 Å². The molecule has 178 valence electrons. The number of carbonyl (C=O) groups is 1. The molecular weight excluding hydrogens is 448 g/mol. The number of phenolic OH excluding ortho intramolecular Hbond substituents is 3. The Morgan fingerprint density at radius 1 is 0.912 bits per heavy atom. The fourth-order valence-electron chi connectivity index (χ4n) is 4.66. The molecule has 0 spiro atoms. The second kappa shape index (κ2) is 7.94. The molecular formula is C24H22O10. The first-order valence-corrected chi connectivity index (χ1v) is 10.6.